The summed E-state index contributed by atoms with van der Waals surface area (Å²) >= 11 is 0. The number of hydrogen-bond acceptors (Lipinski definition) is 3. The molecule has 1 aromatic carbocycles. The molecule has 170 valence electrons. The molecule has 0 aromatic heterocycles. The minimum atomic E-state index is 0. The van der Waals surface area contributed by atoms with Gasteiger partial charge in [-0.3, -0.25) is 4.99 Å². The summed E-state index contributed by atoms with van der Waals surface area (Å²) in [6.07, 6.45) is 3.68. The molecule has 3 rings (SSSR count). The van der Waals surface area contributed by atoms with Gasteiger partial charge in [0.2, 0.25) is 0 Å². The number of hydrogen-bond donors (Lipinski definition) is 1. The Balaban J connectivity index is 0.00000320. The molecule has 2 aliphatic rings. The summed E-state index contributed by atoms with van der Waals surface area (Å²) in [4.78, 5) is 12.2. The van der Waals surface area contributed by atoms with Crippen molar-refractivity contribution in [2.24, 2.45) is 10.9 Å². The van der Waals surface area contributed by atoms with Crippen LogP contribution in [0.5, 0.6) is 0 Å². The zero-order valence-electron chi connectivity index (χ0n) is 19.2. The topological polar surface area (TPSA) is 34.1 Å². The highest BCUT2D eigenvalue weighted by Crippen LogP contribution is 2.32. The van der Waals surface area contributed by atoms with Crippen LogP contribution >= 0.6 is 24.0 Å². The van der Waals surface area contributed by atoms with Gasteiger partial charge in [-0.2, -0.15) is 0 Å². The van der Waals surface area contributed by atoms with Crippen LogP contribution in [0.15, 0.2) is 35.3 Å². The Morgan fingerprint density at radius 2 is 1.73 bits per heavy atom. The predicted molar refractivity (Wildman–Crippen MR) is 139 cm³/mol. The first kappa shape index (κ1) is 25.4. The minimum absolute atomic E-state index is 0. The lowest BCUT2D eigenvalue weighted by Crippen LogP contribution is -2.48. The molecular formula is C24H42IN5. The Hall–Kier alpha value is -0.860. The van der Waals surface area contributed by atoms with Crippen molar-refractivity contribution < 1.29 is 0 Å². The molecule has 0 radical (unpaired) electrons. The summed E-state index contributed by atoms with van der Waals surface area (Å²) in [5.41, 5.74) is 1.49. The number of aliphatic imine (C=N–C) groups is 1. The molecule has 2 unspecified atom stereocenters. The molecule has 0 amide bonds. The fourth-order valence-electron chi connectivity index (χ4n) is 4.86. The monoisotopic (exact) mass is 527 g/mol. The summed E-state index contributed by atoms with van der Waals surface area (Å²) in [5.74, 6) is 2.39. The van der Waals surface area contributed by atoms with E-state index in [9.17, 15) is 0 Å². The Morgan fingerprint density at radius 1 is 1.03 bits per heavy atom. The Labute approximate surface area is 201 Å². The van der Waals surface area contributed by atoms with Gasteiger partial charge in [0, 0.05) is 52.9 Å². The third-order valence-electron chi connectivity index (χ3n) is 6.74. The fraction of sp³-hybridized carbons (Fsp3) is 0.708. The van der Waals surface area contributed by atoms with Gasteiger partial charge >= 0.3 is 0 Å². The molecule has 2 atom stereocenters. The number of unbranched alkanes of at least 4 members (excludes halogenated alkanes) is 1. The van der Waals surface area contributed by atoms with Gasteiger partial charge in [-0.15, -0.1) is 24.0 Å². The maximum atomic E-state index is 4.56. The second kappa shape index (κ2) is 13.5. The van der Waals surface area contributed by atoms with Crippen LogP contribution in [-0.4, -0.2) is 86.6 Å². The summed E-state index contributed by atoms with van der Waals surface area (Å²) in [7, 11) is 1.92. The molecule has 0 spiro atoms. The number of nitrogens with one attached hydrogen (secondary N) is 1. The maximum absolute atomic E-state index is 4.56. The van der Waals surface area contributed by atoms with Crippen LogP contribution in [0.3, 0.4) is 0 Å². The lowest BCUT2D eigenvalue weighted by Gasteiger charge is -2.39. The van der Waals surface area contributed by atoms with E-state index in [4.69, 9.17) is 0 Å². The van der Waals surface area contributed by atoms with Crippen molar-refractivity contribution >= 4 is 29.9 Å². The van der Waals surface area contributed by atoms with Crippen LogP contribution in [-0.2, 0) is 0 Å². The van der Waals surface area contributed by atoms with Crippen molar-refractivity contribution in [3.63, 3.8) is 0 Å². The Morgan fingerprint density at radius 3 is 2.37 bits per heavy atom. The molecule has 0 aliphatic carbocycles. The number of likely N-dealkylation sites (tertiary alicyclic amines) is 1. The van der Waals surface area contributed by atoms with E-state index in [0.29, 0.717) is 11.8 Å². The Kier molecular flexibility index (Phi) is 11.5. The number of nitrogens with zero attached hydrogens (tertiary/aromatic N) is 4. The fourth-order valence-corrected chi connectivity index (χ4v) is 4.86. The summed E-state index contributed by atoms with van der Waals surface area (Å²) < 4.78 is 0. The number of guanidine groups is 1. The third-order valence-corrected chi connectivity index (χ3v) is 6.74. The van der Waals surface area contributed by atoms with Gasteiger partial charge < -0.3 is 20.0 Å². The van der Waals surface area contributed by atoms with Crippen molar-refractivity contribution in [3.05, 3.63) is 35.9 Å². The largest absolute Gasteiger partial charge is 0.356 e. The summed E-state index contributed by atoms with van der Waals surface area (Å²) in [6.45, 7) is 15.2. The molecular weight excluding hydrogens is 485 g/mol. The van der Waals surface area contributed by atoms with Gasteiger partial charge in [-0.1, -0.05) is 44.2 Å². The number of piperazine rings is 1. The van der Waals surface area contributed by atoms with Crippen molar-refractivity contribution in [1.82, 2.24) is 20.0 Å². The molecule has 0 bridgehead atoms. The predicted octanol–water partition coefficient (Wildman–Crippen LogP) is 3.72. The zero-order chi connectivity index (χ0) is 20.5. The first-order valence-corrected chi connectivity index (χ1v) is 11.7. The zero-order valence-corrected chi connectivity index (χ0v) is 21.6. The molecule has 30 heavy (non-hydrogen) atoms. The molecule has 1 N–H and O–H groups in total. The molecule has 1 aromatic rings. The second-order valence-electron chi connectivity index (χ2n) is 8.69. The van der Waals surface area contributed by atoms with E-state index in [2.05, 4.69) is 69.2 Å². The van der Waals surface area contributed by atoms with E-state index in [1.54, 1.807) is 0 Å². The number of likely N-dealkylation sites (N-methyl/N-ethyl adjacent to an activating group) is 1. The quantitative estimate of drug-likeness (QED) is 0.254. The van der Waals surface area contributed by atoms with Gasteiger partial charge in [0.05, 0.1) is 0 Å². The summed E-state index contributed by atoms with van der Waals surface area (Å²) in [6, 6.07) is 11.0. The number of benzene rings is 1. The number of halogens is 1. The second-order valence-corrected chi connectivity index (χ2v) is 8.69. The first-order chi connectivity index (χ1) is 14.2. The van der Waals surface area contributed by atoms with E-state index in [0.717, 1.165) is 25.6 Å². The SMILES string of the molecule is CCN1CCN(CCCCNC(=NC)N2CCC(c3ccccc3)C(C)C2)CC1.I. The van der Waals surface area contributed by atoms with Gasteiger partial charge in [0.1, 0.15) is 0 Å². The smallest absolute Gasteiger partial charge is 0.193 e. The highest BCUT2D eigenvalue weighted by Gasteiger charge is 2.28. The standard InChI is InChI=1S/C24H41N5.HI/c1-4-27-16-18-28(19-17-27)14-9-8-13-26-24(25-3)29-15-12-23(21(2)20-29)22-10-6-5-7-11-22;/h5-7,10-11,21,23H,4,8-9,12-20H2,1-3H3,(H,25,26);1H. The first-order valence-electron chi connectivity index (χ1n) is 11.7. The molecule has 6 heteroatoms. The Bertz CT molecular complexity index is 615. The van der Waals surface area contributed by atoms with Crippen LogP contribution in [0.4, 0.5) is 0 Å². The van der Waals surface area contributed by atoms with Crippen molar-refractivity contribution in [2.75, 3.05) is 66.0 Å². The average Bonchev–Trinajstić information content (AvgIpc) is 2.77. The third kappa shape index (κ3) is 7.38. The van der Waals surface area contributed by atoms with Crippen LogP contribution in [0, 0.1) is 5.92 Å². The van der Waals surface area contributed by atoms with E-state index in [1.165, 1.54) is 64.1 Å². The van der Waals surface area contributed by atoms with Gasteiger partial charge in [0.25, 0.3) is 0 Å². The van der Waals surface area contributed by atoms with E-state index in [-0.39, 0.29) is 24.0 Å². The van der Waals surface area contributed by atoms with Crippen molar-refractivity contribution in [3.8, 4) is 0 Å². The maximum Gasteiger partial charge on any atom is 0.193 e. The lowest BCUT2D eigenvalue weighted by atomic mass is 9.82. The van der Waals surface area contributed by atoms with E-state index < -0.39 is 0 Å². The van der Waals surface area contributed by atoms with Crippen molar-refractivity contribution in [1.29, 1.82) is 0 Å². The molecule has 2 saturated heterocycles. The molecule has 2 aliphatic heterocycles. The minimum Gasteiger partial charge on any atom is -0.356 e. The normalized spacial score (nSPS) is 23.8. The average molecular weight is 528 g/mol. The lowest BCUT2D eigenvalue weighted by molar-refractivity contribution is 0.136. The van der Waals surface area contributed by atoms with Crippen LogP contribution in [0.1, 0.15) is 44.6 Å². The van der Waals surface area contributed by atoms with Crippen LogP contribution < -0.4 is 5.32 Å². The van der Waals surface area contributed by atoms with Crippen LogP contribution in [0.25, 0.3) is 0 Å². The molecule has 0 saturated carbocycles. The van der Waals surface area contributed by atoms with E-state index >= 15 is 0 Å². The highest BCUT2D eigenvalue weighted by molar-refractivity contribution is 14.0. The molecule has 2 heterocycles. The number of piperidine rings is 1. The van der Waals surface area contributed by atoms with Gasteiger partial charge in [0.15, 0.2) is 5.96 Å². The van der Waals surface area contributed by atoms with Crippen molar-refractivity contribution in [2.45, 2.75) is 39.0 Å². The molecule has 2 fully saturated rings. The van der Waals surface area contributed by atoms with E-state index in [1.807, 2.05) is 7.05 Å². The molecule has 5 nitrogen and oxygen atoms in total. The van der Waals surface area contributed by atoms with Crippen LogP contribution in [0.2, 0.25) is 0 Å². The highest BCUT2D eigenvalue weighted by atomic mass is 127. The van der Waals surface area contributed by atoms with Gasteiger partial charge in [-0.05, 0) is 49.8 Å². The van der Waals surface area contributed by atoms with Gasteiger partial charge in [-0.25, -0.2) is 0 Å². The number of rotatable bonds is 7. The summed E-state index contributed by atoms with van der Waals surface area (Å²) in [5, 5.41) is 3.62.